The summed E-state index contributed by atoms with van der Waals surface area (Å²) >= 11 is 0. The maximum Gasteiger partial charge on any atom is 0.217 e. The first kappa shape index (κ1) is 68.8. The van der Waals surface area contributed by atoms with Crippen LogP contribution in [0.1, 0.15) is 27.7 Å². The van der Waals surface area contributed by atoms with E-state index in [1.54, 1.807) is 0 Å². The predicted octanol–water partition coefficient (Wildman–Crippen LogP) is -14.3. The fourth-order valence-corrected chi connectivity index (χ4v) is 10.2. The summed E-state index contributed by atoms with van der Waals surface area (Å²) in [5.74, 6) is -1.77. The van der Waals surface area contributed by atoms with Crippen molar-refractivity contribution in [2.45, 2.75) is 236 Å². The Bertz CT molecular complexity index is 1980. The molecule has 0 unspecified atom stereocenters. The SMILES string of the molecule is CC(=O)N[C@H]1[C@H](O[C@H]2[C@@H](O)[C@@H](CO)O[C@@H](O[C@@H]([C@@H](O)[C@H](O)CO)[C@H](CO)NC(C)=O)[C@@H]2O[C@@H]2O[C@@H](C)[C@@H](O)[C@@H](O)[C@@H]2O)O[C@H](CO)[C@@H](O[C@@H]2O[C@H](CO)[C@H](O)[C@H](O[C@H]3O[C@H](CO)[C@H](O)[C@H](O)[C@H]3O)[C@H]2O[C@@H]2O[C@@H](C)[C@@H](O)[C@@H](O)[C@@H]2O)[C@@H]1O. The number of hydrogen-bond acceptors (Lipinski definition) is 34. The molecule has 82 heavy (non-hydrogen) atoms. The van der Waals surface area contributed by atoms with Gasteiger partial charge in [0.1, 0.15) is 153 Å². The van der Waals surface area contributed by atoms with Crippen molar-refractivity contribution in [3.05, 3.63) is 0 Å². The molecule has 0 aromatic rings. The molecule has 0 aromatic carbocycles. The van der Waals surface area contributed by atoms with E-state index in [-0.39, 0.29) is 0 Å². The van der Waals surface area contributed by atoms with Crippen LogP contribution < -0.4 is 10.6 Å². The first-order valence-corrected chi connectivity index (χ1v) is 26.3. The minimum atomic E-state index is -2.25. The van der Waals surface area contributed by atoms with Crippen LogP contribution in [-0.4, -0.2) is 362 Å². The number of hydrogen-bond donors (Lipinski definition) is 22. The highest BCUT2D eigenvalue weighted by Crippen LogP contribution is 2.39. The number of ether oxygens (including phenoxy) is 12. The minimum Gasteiger partial charge on any atom is -0.394 e. The van der Waals surface area contributed by atoms with E-state index in [9.17, 15) is 112 Å². The monoisotopic (exact) mass is 1200 g/mol. The van der Waals surface area contributed by atoms with Gasteiger partial charge in [0.2, 0.25) is 11.8 Å². The van der Waals surface area contributed by atoms with Crippen LogP contribution in [0, 0.1) is 0 Å². The van der Waals surface area contributed by atoms with Gasteiger partial charge in [0.25, 0.3) is 0 Å². The molecular weight excluding hydrogens is 1120 g/mol. The second-order valence-corrected chi connectivity index (χ2v) is 20.8. The van der Waals surface area contributed by atoms with Gasteiger partial charge in [0, 0.05) is 13.8 Å². The lowest BCUT2D eigenvalue weighted by Gasteiger charge is -2.52. The highest BCUT2D eigenvalue weighted by molar-refractivity contribution is 5.73. The molecule has 0 radical (unpaired) electrons. The van der Waals surface area contributed by atoms with Gasteiger partial charge in [-0.1, -0.05) is 0 Å². The van der Waals surface area contributed by atoms with Crippen molar-refractivity contribution in [1.82, 2.24) is 10.6 Å². The van der Waals surface area contributed by atoms with Crippen molar-refractivity contribution in [1.29, 1.82) is 0 Å². The number of amides is 2. The molecule has 0 aliphatic carbocycles. The second-order valence-electron chi connectivity index (χ2n) is 20.8. The van der Waals surface area contributed by atoms with Crippen LogP contribution in [0.2, 0.25) is 0 Å². The molecule has 6 saturated heterocycles. The zero-order valence-electron chi connectivity index (χ0n) is 44.5. The lowest BCUT2D eigenvalue weighted by molar-refractivity contribution is -0.408. The lowest BCUT2D eigenvalue weighted by atomic mass is 9.94. The number of nitrogens with one attached hydrogen (secondary N) is 2. The average Bonchev–Trinajstić information content (AvgIpc) is 2.32. The molecule has 2 amide bonds. The summed E-state index contributed by atoms with van der Waals surface area (Å²) in [6, 6.07) is -3.64. The summed E-state index contributed by atoms with van der Waals surface area (Å²) in [7, 11) is 0. The summed E-state index contributed by atoms with van der Waals surface area (Å²) < 4.78 is 71.3. The number of rotatable bonds is 23. The highest BCUT2D eigenvalue weighted by atomic mass is 16.8. The molecule has 6 rings (SSSR count). The highest BCUT2D eigenvalue weighted by Gasteiger charge is 2.59. The van der Waals surface area contributed by atoms with Gasteiger partial charge in [0.15, 0.2) is 37.7 Å². The minimum absolute atomic E-state index is 0.823. The van der Waals surface area contributed by atoms with E-state index in [4.69, 9.17) is 56.8 Å². The maximum atomic E-state index is 13.0. The molecule has 36 nitrogen and oxygen atoms in total. The number of aliphatic hydroxyl groups is 20. The molecule has 22 N–H and O–H groups in total. The van der Waals surface area contributed by atoms with E-state index in [2.05, 4.69) is 10.6 Å². The van der Waals surface area contributed by atoms with E-state index >= 15 is 0 Å². The van der Waals surface area contributed by atoms with Crippen LogP contribution in [0.25, 0.3) is 0 Å². The Balaban J connectivity index is 1.40. The lowest BCUT2D eigenvalue weighted by Crippen LogP contribution is -2.71. The van der Waals surface area contributed by atoms with Gasteiger partial charge >= 0.3 is 0 Å². The quantitative estimate of drug-likeness (QED) is 0.0452. The van der Waals surface area contributed by atoms with Gasteiger partial charge in [0.05, 0.1) is 57.9 Å². The average molecular weight is 1210 g/mol. The van der Waals surface area contributed by atoms with Crippen molar-refractivity contribution in [3.63, 3.8) is 0 Å². The van der Waals surface area contributed by atoms with Crippen molar-refractivity contribution in [2.24, 2.45) is 0 Å². The van der Waals surface area contributed by atoms with E-state index in [1.165, 1.54) is 13.8 Å². The van der Waals surface area contributed by atoms with Crippen molar-refractivity contribution < 1.29 is 169 Å². The molecule has 0 spiro atoms. The molecule has 6 aliphatic rings. The molecule has 6 fully saturated rings. The number of carbonyl (C=O) groups is 2. The van der Waals surface area contributed by atoms with Crippen LogP contribution in [-0.2, 0) is 66.4 Å². The maximum absolute atomic E-state index is 13.0. The third kappa shape index (κ3) is 15.1. The summed E-state index contributed by atoms with van der Waals surface area (Å²) in [6.45, 7) is -2.04. The van der Waals surface area contributed by atoms with Gasteiger partial charge in [-0.15, -0.1) is 0 Å². The summed E-state index contributed by atoms with van der Waals surface area (Å²) in [6.07, 6.45) is -63.6. The van der Waals surface area contributed by atoms with Crippen molar-refractivity contribution in [2.75, 3.05) is 39.6 Å². The standard InChI is InChI=1S/C46H80N2O34/c1-11-22(58)29(65)32(68)42(71-11)81-39-37(26(62)18(8-52)74-45(39)77-35(24(60)16(57)6-50)15(5-49)47-13(3)55)79-41-21(48-14(4)56)28(64)36(20(10-54)76-41)78-46-40(82-43-33(69)30(66)23(59)12(2)72-43)38(27(63)19(9-53)75-46)80-44-34(70)31(67)25(61)17(7-51)73-44/h11-12,15-46,49-54,57-70H,5-10H2,1-4H3,(H,47,55)(H,48,56)/t11-,12-,15-,16+,17+,18+,19+,20+,21+,22+,23+,24-,25-,26-,27-,28+,29+,30+,31-,32-,33-,34+,35+,36+,37-,38-,39+,40+,41-,42-,43-,44+,45-,46-/m0/s1. The molecular formula is C46H80N2O34. The fourth-order valence-electron chi connectivity index (χ4n) is 10.2. The van der Waals surface area contributed by atoms with Gasteiger partial charge < -0.3 is 170 Å². The molecule has 478 valence electrons. The smallest absolute Gasteiger partial charge is 0.217 e. The molecule has 0 saturated carbocycles. The van der Waals surface area contributed by atoms with Crippen LogP contribution in [0.15, 0.2) is 0 Å². The van der Waals surface area contributed by atoms with Crippen LogP contribution in [0.3, 0.4) is 0 Å². The van der Waals surface area contributed by atoms with Crippen LogP contribution in [0.5, 0.6) is 0 Å². The van der Waals surface area contributed by atoms with Gasteiger partial charge in [-0.05, 0) is 13.8 Å². The molecule has 34 atom stereocenters. The van der Waals surface area contributed by atoms with Crippen LogP contribution >= 0.6 is 0 Å². The summed E-state index contributed by atoms with van der Waals surface area (Å²) in [5, 5.41) is 221. The molecule has 36 heteroatoms. The fraction of sp³-hybridized carbons (Fsp3) is 0.957. The van der Waals surface area contributed by atoms with Gasteiger partial charge in [-0.25, -0.2) is 0 Å². The second kappa shape index (κ2) is 30.0. The Morgan fingerprint density at radius 3 is 1.26 bits per heavy atom. The zero-order chi connectivity index (χ0) is 60.9. The normalized spacial score (nSPS) is 47.2. The molecule has 0 bridgehead atoms. The zero-order valence-corrected chi connectivity index (χ0v) is 44.5. The predicted molar refractivity (Wildman–Crippen MR) is 254 cm³/mol. The molecule has 6 heterocycles. The van der Waals surface area contributed by atoms with Crippen LogP contribution in [0.4, 0.5) is 0 Å². The summed E-state index contributed by atoms with van der Waals surface area (Å²) in [5.41, 5.74) is 0. The Labute approximate surface area is 466 Å². The topological polar surface area (TPSA) is 574 Å². The van der Waals surface area contributed by atoms with E-state index in [1.807, 2.05) is 0 Å². The number of aliphatic hydroxyl groups excluding tert-OH is 20. The Kier molecular flexibility index (Phi) is 25.2. The van der Waals surface area contributed by atoms with Gasteiger partial charge in [-0.2, -0.15) is 0 Å². The largest absolute Gasteiger partial charge is 0.394 e. The third-order valence-electron chi connectivity index (χ3n) is 14.9. The Hall–Kier alpha value is -2.34. The number of carbonyl (C=O) groups excluding carboxylic acids is 2. The van der Waals surface area contributed by atoms with E-state index < -0.39 is 260 Å². The first-order chi connectivity index (χ1) is 38.7. The van der Waals surface area contributed by atoms with E-state index in [0.29, 0.717) is 0 Å². The Morgan fingerprint density at radius 1 is 0.415 bits per heavy atom. The first-order valence-electron chi connectivity index (χ1n) is 26.3. The van der Waals surface area contributed by atoms with Crippen molar-refractivity contribution >= 4 is 11.8 Å². The summed E-state index contributed by atoms with van der Waals surface area (Å²) in [4.78, 5) is 25.3. The van der Waals surface area contributed by atoms with Gasteiger partial charge in [-0.3, -0.25) is 9.59 Å². The van der Waals surface area contributed by atoms with Crippen molar-refractivity contribution in [3.8, 4) is 0 Å². The Morgan fingerprint density at radius 2 is 0.805 bits per heavy atom. The van der Waals surface area contributed by atoms with E-state index in [0.717, 1.165) is 13.8 Å². The molecule has 6 aliphatic heterocycles. The third-order valence-corrected chi connectivity index (χ3v) is 14.9. The molecule has 0 aromatic heterocycles.